The number of carbonyl (C=O) groups excluding carboxylic acids is 2. The molecule has 0 aromatic heterocycles. The molecular weight excluding hydrogens is 420 g/mol. The van der Waals surface area contributed by atoms with Crippen LogP contribution in [0, 0.1) is 0 Å². The molecule has 2 aromatic rings. The van der Waals surface area contributed by atoms with E-state index in [4.69, 9.17) is 0 Å². The van der Waals surface area contributed by atoms with Crippen LogP contribution in [0.2, 0.25) is 0 Å². The molecule has 182 valence electrons. The topological polar surface area (TPSA) is 40.6 Å². The van der Waals surface area contributed by atoms with Gasteiger partial charge in [0.15, 0.2) is 0 Å². The van der Waals surface area contributed by atoms with Gasteiger partial charge in [0.05, 0.1) is 0 Å². The molecule has 2 aliphatic rings. The maximum absolute atomic E-state index is 12.7. The quantitative estimate of drug-likeness (QED) is 0.344. The highest BCUT2D eigenvalue weighted by Gasteiger charge is 2.22. The first-order valence-electron chi connectivity index (χ1n) is 13.5. The van der Waals surface area contributed by atoms with Gasteiger partial charge in [-0.05, 0) is 61.8 Å². The van der Waals surface area contributed by atoms with E-state index in [-0.39, 0.29) is 11.8 Å². The zero-order valence-corrected chi connectivity index (χ0v) is 20.6. The lowest BCUT2D eigenvalue weighted by molar-refractivity contribution is -0.119. The molecule has 0 saturated carbocycles. The number of unbranched alkanes of at least 4 members (excludes halogenated alkanes) is 7. The number of rotatable bonds is 11. The second-order valence-electron chi connectivity index (χ2n) is 9.88. The fourth-order valence-electron chi connectivity index (χ4n) is 5.47. The lowest BCUT2D eigenvalue weighted by atomic mass is 10.0. The highest BCUT2D eigenvalue weighted by atomic mass is 16.2. The van der Waals surface area contributed by atoms with Crippen LogP contribution in [0.4, 0.5) is 11.4 Å². The number of nitrogens with zero attached hydrogens (tertiary/aromatic N) is 2. The molecule has 34 heavy (non-hydrogen) atoms. The van der Waals surface area contributed by atoms with Crippen molar-refractivity contribution in [2.24, 2.45) is 0 Å². The zero-order chi connectivity index (χ0) is 23.6. The fraction of sp³-hybridized carbons (Fsp3) is 0.533. The average Bonchev–Trinajstić information content (AvgIpc) is 2.88. The molecule has 0 unspecified atom stereocenters. The molecule has 4 rings (SSSR count). The highest BCUT2D eigenvalue weighted by molar-refractivity contribution is 5.95. The van der Waals surface area contributed by atoms with E-state index in [2.05, 4.69) is 36.4 Å². The van der Waals surface area contributed by atoms with E-state index in [1.165, 1.54) is 36.8 Å². The van der Waals surface area contributed by atoms with Crippen molar-refractivity contribution in [3.8, 4) is 0 Å². The third-order valence-electron chi connectivity index (χ3n) is 7.35. The average molecular weight is 461 g/mol. The van der Waals surface area contributed by atoms with Crippen LogP contribution in [0.3, 0.4) is 0 Å². The predicted molar refractivity (Wildman–Crippen MR) is 140 cm³/mol. The second kappa shape index (κ2) is 12.7. The zero-order valence-electron chi connectivity index (χ0n) is 20.6. The molecule has 2 heterocycles. The number of hydrogen-bond acceptors (Lipinski definition) is 2. The third kappa shape index (κ3) is 6.49. The van der Waals surface area contributed by atoms with Crippen LogP contribution < -0.4 is 9.80 Å². The molecule has 0 radical (unpaired) electrons. The van der Waals surface area contributed by atoms with E-state index in [0.717, 1.165) is 75.8 Å². The Kier molecular flexibility index (Phi) is 9.18. The highest BCUT2D eigenvalue weighted by Crippen LogP contribution is 2.28. The van der Waals surface area contributed by atoms with E-state index in [1.807, 2.05) is 21.9 Å². The normalized spacial score (nSPS) is 15.1. The van der Waals surface area contributed by atoms with Crippen molar-refractivity contribution in [1.82, 2.24) is 0 Å². The Morgan fingerprint density at radius 2 is 0.941 bits per heavy atom. The minimum absolute atomic E-state index is 0.285. The van der Waals surface area contributed by atoms with E-state index in [1.54, 1.807) is 0 Å². The lowest BCUT2D eigenvalue weighted by Gasteiger charge is -2.29. The molecule has 0 N–H and O–H groups in total. The molecule has 2 aromatic carbocycles. The van der Waals surface area contributed by atoms with Gasteiger partial charge in [-0.1, -0.05) is 74.9 Å². The fourth-order valence-corrected chi connectivity index (χ4v) is 5.47. The van der Waals surface area contributed by atoms with Crippen LogP contribution in [0.1, 0.15) is 88.2 Å². The van der Waals surface area contributed by atoms with Gasteiger partial charge in [-0.2, -0.15) is 0 Å². The summed E-state index contributed by atoms with van der Waals surface area (Å²) in [6, 6.07) is 16.7. The molecular formula is C30H40N2O2. The number of para-hydroxylation sites is 2. The smallest absolute Gasteiger partial charge is 0.226 e. The molecule has 4 heteroatoms. The molecule has 0 spiro atoms. The third-order valence-corrected chi connectivity index (χ3v) is 7.35. The van der Waals surface area contributed by atoms with Gasteiger partial charge >= 0.3 is 0 Å². The molecule has 0 atom stereocenters. The Morgan fingerprint density at radius 1 is 0.559 bits per heavy atom. The minimum atomic E-state index is 0.285. The summed E-state index contributed by atoms with van der Waals surface area (Å²) >= 11 is 0. The number of benzene rings is 2. The van der Waals surface area contributed by atoms with E-state index in [9.17, 15) is 9.59 Å². The van der Waals surface area contributed by atoms with Gasteiger partial charge in [-0.15, -0.1) is 0 Å². The van der Waals surface area contributed by atoms with Gasteiger partial charge in [-0.3, -0.25) is 9.59 Å². The number of hydrogen-bond donors (Lipinski definition) is 0. The van der Waals surface area contributed by atoms with Crippen molar-refractivity contribution in [3.05, 3.63) is 59.7 Å². The standard InChI is InChI=1S/C30H40N2O2/c33-29(31-23-13-17-25-15-9-11-19-27(25)31)21-7-5-3-1-2-4-6-8-22-30(34)32-24-14-18-26-16-10-12-20-28(26)32/h9-12,15-16,19-20H,1-8,13-14,17-18,21-24H2. The summed E-state index contributed by atoms with van der Waals surface area (Å²) in [5.74, 6) is 0.571. The Hall–Kier alpha value is -2.62. The van der Waals surface area contributed by atoms with Gasteiger partial charge in [0, 0.05) is 37.3 Å². The minimum Gasteiger partial charge on any atom is -0.312 e. The van der Waals surface area contributed by atoms with Crippen LogP contribution >= 0.6 is 0 Å². The van der Waals surface area contributed by atoms with E-state index >= 15 is 0 Å². The SMILES string of the molecule is O=C(CCCCCCCCCCC(=O)N1CCCc2ccccc21)N1CCCc2ccccc21. The molecule has 2 aliphatic heterocycles. The maximum Gasteiger partial charge on any atom is 0.226 e. The number of anilines is 2. The summed E-state index contributed by atoms with van der Waals surface area (Å²) in [7, 11) is 0. The Morgan fingerprint density at radius 3 is 1.38 bits per heavy atom. The van der Waals surface area contributed by atoms with Crippen LogP contribution in [0.5, 0.6) is 0 Å². The molecule has 0 aliphatic carbocycles. The van der Waals surface area contributed by atoms with Crippen molar-refractivity contribution in [2.45, 2.75) is 89.9 Å². The summed E-state index contributed by atoms with van der Waals surface area (Å²) in [6.45, 7) is 1.73. The van der Waals surface area contributed by atoms with Crippen LogP contribution in [-0.2, 0) is 22.4 Å². The lowest BCUT2D eigenvalue weighted by Crippen LogP contribution is -2.35. The summed E-state index contributed by atoms with van der Waals surface area (Å²) in [6.07, 6.45) is 14.7. The first kappa shape index (κ1) is 24.5. The summed E-state index contributed by atoms with van der Waals surface area (Å²) in [5.41, 5.74) is 4.87. The maximum atomic E-state index is 12.7. The Balaban J connectivity index is 1.03. The second-order valence-corrected chi connectivity index (χ2v) is 9.88. The van der Waals surface area contributed by atoms with Gasteiger partial charge in [0.1, 0.15) is 0 Å². The van der Waals surface area contributed by atoms with Crippen LogP contribution in [0.25, 0.3) is 0 Å². The van der Waals surface area contributed by atoms with Crippen molar-refractivity contribution < 1.29 is 9.59 Å². The number of aryl methyl sites for hydroxylation is 2. The van der Waals surface area contributed by atoms with Crippen molar-refractivity contribution in [3.63, 3.8) is 0 Å². The van der Waals surface area contributed by atoms with Gasteiger partial charge in [0.2, 0.25) is 11.8 Å². The molecule has 0 fully saturated rings. The first-order chi connectivity index (χ1) is 16.7. The number of carbonyl (C=O) groups is 2. The number of fused-ring (bicyclic) bond motifs is 2. The predicted octanol–water partition coefficient (Wildman–Crippen LogP) is 6.85. The largest absolute Gasteiger partial charge is 0.312 e. The molecule has 4 nitrogen and oxygen atoms in total. The molecule has 0 saturated heterocycles. The van der Waals surface area contributed by atoms with E-state index < -0.39 is 0 Å². The van der Waals surface area contributed by atoms with Crippen molar-refractivity contribution in [1.29, 1.82) is 0 Å². The summed E-state index contributed by atoms with van der Waals surface area (Å²) < 4.78 is 0. The monoisotopic (exact) mass is 460 g/mol. The molecule has 2 amide bonds. The van der Waals surface area contributed by atoms with E-state index in [0.29, 0.717) is 12.8 Å². The Labute approximate surface area is 205 Å². The van der Waals surface area contributed by atoms with Crippen molar-refractivity contribution in [2.75, 3.05) is 22.9 Å². The summed E-state index contributed by atoms with van der Waals surface area (Å²) in [4.78, 5) is 29.4. The van der Waals surface area contributed by atoms with Gasteiger partial charge in [0.25, 0.3) is 0 Å². The van der Waals surface area contributed by atoms with Gasteiger partial charge in [-0.25, -0.2) is 0 Å². The summed E-state index contributed by atoms with van der Waals surface area (Å²) in [5, 5.41) is 0. The first-order valence-corrected chi connectivity index (χ1v) is 13.5. The van der Waals surface area contributed by atoms with Gasteiger partial charge < -0.3 is 9.80 Å². The van der Waals surface area contributed by atoms with Crippen molar-refractivity contribution >= 4 is 23.2 Å². The number of amides is 2. The molecule has 0 bridgehead atoms. The Bertz CT molecular complexity index is 877. The van der Waals surface area contributed by atoms with Crippen LogP contribution in [0.15, 0.2) is 48.5 Å². The van der Waals surface area contributed by atoms with Crippen LogP contribution in [-0.4, -0.2) is 24.9 Å².